The molecule has 0 aliphatic rings. The quantitative estimate of drug-likeness (QED) is 0.593. The molecule has 0 saturated carbocycles. The van der Waals surface area contributed by atoms with Gasteiger partial charge in [-0.25, -0.2) is 4.39 Å². The molecule has 15 heavy (non-hydrogen) atoms. The smallest absolute Gasteiger partial charge is 0.124 e. The van der Waals surface area contributed by atoms with Gasteiger partial charge in [-0.15, -0.1) is 11.8 Å². The van der Waals surface area contributed by atoms with Crippen LogP contribution >= 0.6 is 11.8 Å². The summed E-state index contributed by atoms with van der Waals surface area (Å²) < 4.78 is 13.1. The Bertz CT molecular complexity index is 302. The molecule has 1 aromatic carbocycles. The molecular formula is C12H17FOS. The number of aliphatic hydroxyl groups is 1. The molecule has 1 N–H and O–H groups in total. The number of unbranched alkanes of at least 4 members (excludes halogenated alkanes) is 2. The number of thioether (sulfide) groups is 1. The van der Waals surface area contributed by atoms with Gasteiger partial charge in [0.1, 0.15) is 5.82 Å². The van der Waals surface area contributed by atoms with Crippen molar-refractivity contribution in [2.24, 2.45) is 0 Å². The summed E-state index contributed by atoms with van der Waals surface area (Å²) in [5.41, 5.74) is 0.646. The van der Waals surface area contributed by atoms with E-state index in [1.807, 2.05) is 6.07 Å². The fraction of sp³-hybridized carbons (Fsp3) is 0.500. The van der Waals surface area contributed by atoms with Crippen molar-refractivity contribution in [2.45, 2.75) is 37.7 Å². The van der Waals surface area contributed by atoms with E-state index in [1.54, 1.807) is 11.8 Å². The highest BCUT2D eigenvalue weighted by Gasteiger charge is 2.00. The van der Waals surface area contributed by atoms with Gasteiger partial charge in [0.25, 0.3) is 0 Å². The van der Waals surface area contributed by atoms with E-state index in [4.69, 9.17) is 5.11 Å². The van der Waals surface area contributed by atoms with Crippen molar-refractivity contribution in [3.63, 3.8) is 0 Å². The number of halogens is 1. The molecule has 1 rings (SSSR count). The molecule has 1 nitrogen and oxygen atoms in total. The first-order chi connectivity index (χ1) is 7.26. The van der Waals surface area contributed by atoms with Crippen molar-refractivity contribution < 1.29 is 9.50 Å². The Morgan fingerprint density at radius 2 is 2.07 bits per heavy atom. The van der Waals surface area contributed by atoms with Gasteiger partial charge < -0.3 is 5.11 Å². The van der Waals surface area contributed by atoms with Crippen LogP contribution in [0.15, 0.2) is 23.1 Å². The molecule has 1 aromatic rings. The lowest BCUT2D eigenvalue weighted by Crippen LogP contribution is -1.88. The Labute approximate surface area is 94.7 Å². The summed E-state index contributed by atoms with van der Waals surface area (Å²) in [7, 11) is 0. The number of rotatable bonds is 6. The van der Waals surface area contributed by atoms with Crippen molar-refractivity contribution in [1.29, 1.82) is 0 Å². The van der Waals surface area contributed by atoms with E-state index in [-0.39, 0.29) is 12.4 Å². The lowest BCUT2D eigenvalue weighted by Gasteiger charge is -2.04. The van der Waals surface area contributed by atoms with E-state index < -0.39 is 0 Å². The molecule has 0 aliphatic carbocycles. The molecule has 0 unspecified atom stereocenters. The van der Waals surface area contributed by atoms with Crippen molar-refractivity contribution >= 4 is 11.8 Å². The van der Waals surface area contributed by atoms with Gasteiger partial charge in [0.2, 0.25) is 0 Å². The summed E-state index contributed by atoms with van der Waals surface area (Å²) in [5.74, 6) is 0.752. The molecule has 84 valence electrons. The van der Waals surface area contributed by atoms with Crippen LogP contribution in [0, 0.1) is 5.82 Å². The van der Waals surface area contributed by atoms with Gasteiger partial charge in [-0.2, -0.15) is 0 Å². The van der Waals surface area contributed by atoms with E-state index in [1.165, 1.54) is 25.0 Å². The molecule has 0 amide bonds. The van der Waals surface area contributed by atoms with Gasteiger partial charge in [-0.3, -0.25) is 0 Å². The van der Waals surface area contributed by atoms with Gasteiger partial charge in [0, 0.05) is 4.90 Å². The minimum atomic E-state index is -0.264. The summed E-state index contributed by atoms with van der Waals surface area (Å²) in [6.07, 6.45) is 3.58. The fourth-order valence-corrected chi connectivity index (χ4v) is 2.35. The predicted octanol–water partition coefficient (Wildman–Crippen LogP) is 3.60. The molecule has 0 bridgehead atoms. The van der Waals surface area contributed by atoms with Gasteiger partial charge in [-0.05, 0) is 35.9 Å². The fourth-order valence-electron chi connectivity index (χ4n) is 1.34. The molecule has 3 heteroatoms. The van der Waals surface area contributed by atoms with Crippen LogP contribution in [0.3, 0.4) is 0 Å². The Morgan fingerprint density at radius 3 is 2.73 bits per heavy atom. The Morgan fingerprint density at radius 1 is 1.27 bits per heavy atom. The first-order valence-corrected chi connectivity index (χ1v) is 6.28. The molecule has 0 aromatic heterocycles. The Kier molecular flexibility index (Phi) is 5.73. The minimum Gasteiger partial charge on any atom is -0.392 e. The Balaban J connectivity index is 2.49. The van der Waals surface area contributed by atoms with E-state index in [2.05, 4.69) is 6.92 Å². The highest BCUT2D eigenvalue weighted by Crippen LogP contribution is 2.22. The predicted molar refractivity (Wildman–Crippen MR) is 62.6 cm³/mol. The van der Waals surface area contributed by atoms with Crippen molar-refractivity contribution in [1.82, 2.24) is 0 Å². The van der Waals surface area contributed by atoms with Crippen LogP contribution in [0.25, 0.3) is 0 Å². The van der Waals surface area contributed by atoms with Crippen LogP contribution in [0.4, 0.5) is 4.39 Å². The molecule has 0 radical (unpaired) electrons. The average molecular weight is 228 g/mol. The highest BCUT2D eigenvalue weighted by atomic mass is 32.2. The lowest BCUT2D eigenvalue weighted by atomic mass is 10.2. The van der Waals surface area contributed by atoms with E-state index >= 15 is 0 Å². The summed E-state index contributed by atoms with van der Waals surface area (Å²) in [4.78, 5) is 0.912. The normalized spacial score (nSPS) is 10.6. The Hall–Kier alpha value is -0.540. The lowest BCUT2D eigenvalue weighted by molar-refractivity contribution is 0.281. The van der Waals surface area contributed by atoms with Gasteiger partial charge in [-0.1, -0.05) is 19.8 Å². The van der Waals surface area contributed by atoms with Crippen LogP contribution in [0.1, 0.15) is 31.7 Å². The summed E-state index contributed by atoms with van der Waals surface area (Å²) in [5, 5.41) is 8.92. The monoisotopic (exact) mass is 228 g/mol. The number of hydrogen-bond donors (Lipinski definition) is 1. The van der Waals surface area contributed by atoms with E-state index in [9.17, 15) is 4.39 Å². The molecule has 0 saturated heterocycles. The standard InChI is InChI=1S/C12H17FOS/c1-2-3-4-5-15-12-7-10(9-14)6-11(13)8-12/h6-8,14H,2-5,9H2,1H3. The first kappa shape index (κ1) is 12.5. The van der Waals surface area contributed by atoms with Gasteiger partial charge in [0.05, 0.1) is 6.61 Å². The third kappa shape index (κ3) is 4.67. The molecule has 0 aliphatic heterocycles. The number of aliphatic hydroxyl groups excluding tert-OH is 1. The zero-order chi connectivity index (χ0) is 11.1. The topological polar surface area (TPSA) is 20.2 Å². The third-order valence-corrected chi connectivity index (χ3v) is 3.19. The van der Waals surface area contributed by atoms with Crippen LogP contribution < -0.4 is 0 Å². The second-order valence-electron chi connectivity index (χ2n) is 3.51. The summed E-state index contributed by atoms with van der Waals surface area (Å²) in [6, 6.07) is 4.74. The zero-order valence-electron chi connectivity index (χ0n) is 9.00. The minimum absolute atomic E-state index is 0.0969. The maximum absolute atomic E-state index is 13.1. The largest absolute Gasteiger partial charge is 0.392 e. The SMILES string of the molecule is CCCCCSc1cc(F)cc(CO)c1. The van der Waals surface area contributed by atoms with Crippen molar-refractivity contribution in [3.8, 4) is 0 Å². The van der Waals surface area contributed by atoms with Crippen LogP contribution in [0.2, 0.25) is 0 Å². The highest BCUT2D eigenvalue weighted by molar-refractivity contribution is 7.99. The van der Waals surface area contributed by atoms with Crippen molar-refractivity contribution in [3.05, 3.63) is 29.6 Å². The summed E-state index contributed by atoms with van der Waals surface area (Å²) >= 11 is 1.65. The molecular weight excluding hydrogens is 211 g/mol. The number of hydrogen-bond acceptors (Lipinski definition) is 2. The van der Waals surface area contributed by atoms with E-state index in [0.717, 1.165) is 17.1 Å². The van der Waals surface area contributed by atoms with E-state index in [0.29, 0.717) is 5.56 Å². The van der Waals surface area contributed by atoms with Gasteiger partial charge >= 0.3 is 0 Å². The second kappa shape index (κ2) is 6.85. The molecule has 0 heterocycles. The molecule has 0 atom stereocenters. The van der Waals surface area contributed by atoms with Crippen LogP contribution in [-0.4, -0.2) is 10.9 Å². The average Bonchev–Trinajstić information content (AvgIpc) is 2.23. The zero-order valence-corrected chi connectivity index (χ0v) is 9.82. The number of benzene rings is 1. The van der Waals surface area contributed by atoms with Crippen LogP contribution in [-0.2, 0) is 6.61 Å². The molecule has 0 fully saturated rings. The maximum Gasteiger partial charge on any atom is 0.124 e. The first-order valence-electron chi connectivity index (χ1n) is 5.29. The van der Waals surface area contributed by atoms with Crippen molar-refractivity contribution in [2.75, 3.05) is 5.75 Å². The maximum atomic E-state index is 13.1. The molecule has 0 spiro atoms. The summed E-state index contributed by atoms with van der Waals surface area (Å²) in [6.45, 7) is 2.07. The third-order valence-electron chi connectivity index (χ3n) is 2.13. The van der Waals surface area contributed by atoms with Crippen LogP contribution in [0.5, 0.6) is 0 Å². The second-order valence-corrected chi connectivity index (χ2v) is 4.68. The van der Waals surface area contributed by atoms with Gasteiger partial charge in [0.15, 0.2) is 0 Å².